The average molecular weight is 490 g/mol. The SMILES string of the molecule is O=C(CSc1nc2ccccc2c2nc(-c3ccccc3)nn12)Nc1ccc(Br)cc1. The van der Waals surface area contributed by atoms with Crippen LogP contribution < -0.4 is 5.32 Å². The van der Waals surface area contributed by atoms with Gasteiger partial charge in [0.25, 0.3) is 0 Å². The molecule has 2 heterocycles. The molecule has 0 radical (unpaired) electrons. The molecule has 1 N–H and O–H groups in total. The van der Waals surface area contributed by atoms with E-state index in [2.05, 4.69) is 26.3 Å². The number of thioether (sulfide) groups is 1. The fourth-order valence-electron chi connectivity index (χ4n) is 3.19. The van der Waals surface area contributed by atoms with Crippen molar-refractivity contribution in [2.24, 2.45) is 0 Å². The zero-order valence-corrected chi connectivity index (χ0v) is 18.6. The highest BCUT2D eigenvalue weighted by Gasteiger charge is 2.16. The van der Waals surface area contributed by atoms with Gasteiger partial charge < -0.3 is 5.32 Å². The van der Waals surface area contributed by atoms with E-state index in [4.69, 9.17) is 9.97 Å². The van der Waals surface area contributed by atoms with Gasteiger partial charge in [-0.05, 0) is 36.4 Å². The summed E-state index contributed by atoms with van der Waals surface area (Å²) in [6.45, 7) is 0. The van der Waals surface area contributed by atoms with Crippen LogP contribution in [0, 0.1) is 0 Å². The summed E-state index contributed by atoms with van der Waals surface area (Å²) < 4.78 is 2.69. The molecule has 6 nitrogen and oxygen atoms in total. The lowest BCUT2D eigenvalue weighted by Crippen LogP contribution is -2.14. The van der Waals surface area contributed by atoms with E-state index in [0.29, 0.717) is 11.0 Å². The summed E-state index contributed by atoms with van der Waals surface area (Å²) in [5.41, 5.74) is 3.22. The van der Waals surface area contributed by atoms with Gasteiger partial charge in [-0.3, -0.25) is 4.79 Å². The first-order chi connectivity index (χ1) is 15.2. The van der Waals surface area contributed by atoms with Crippen molar-refractivity contribution in [2.45, 2.75) is 5.16 Å². The number of para-hydroxylation sites is 1. The largest absolute Gasteiger partial charge is 0.325 e. The number of anilines is 1. The molecule has 0 aliphatic carbocycles. The minimum atomic E-state index is -0.112. The zero-order chi connectivity index (χ0) is 21.2. The molecular formula is C23H16BrN5OS. The number of benzene rings is 3. The van der Waals surface area contributed by atoms with Crippen LogP contribution in [0.5, 0.6) is 0 Å². The van der Waals surface area contributed by atoms with Gasteiger partial charge in [-0.1, -0.05) is 70.2 Å². The van der Waals surface area contributed by atoms with Crippen LogP contribution in [0.15, 0.2) is 88.5 Å². The Morgan fingerprint density at radius 2 is 1.68 bits per heavy atom. The van der Waals surface area contributed by atoms with Gasteiger partial charge in [-0.15, -0.1) is 5.10 Å². The predicted molar refractivity (Wildman–Crippen MR) is 127 cm³/mol. The number of hydrogen-bond acceptors (Lipinski definition) is 5. The highest BCUT2D eigenvalue weighted by molar-refractivity contribution is 9.10. The Labute approximate surface area is 190 Å². The number of nitrogens with one attached hydrogen (secondary N) is 1. The van der Waals surface area contributed by atoms with Crippen LogP contribution in [-0.4, -0.2) is 31.2 Å². The molecule has 152 valence electrons. The Bertz CT molecular complexity index is 1390. The minimum Gasteiger partial charge on any atom is -0.325 e. The van der Waals surface area contributed by atoms with Crippen LogP contribution >= 0.6 is 27.7 Å². The van der Waals surface area contributed by atoms with Gasteiger partial charge in [0.15, 0.2) is 16.6 Å². The lowest BCUT2D eigenvalue weighted by Gasteiger charge is -2.07. The van der Waals surface area contributed by atoms with Crippen molar-refractivity contribution in [3.05, 3.63) is 83.3 Å². The molecule has 0 fully saturated rings. The molecule has 0 spiro atoms. The maximum absolute atomic E-state index is 12.5. The van der Waals surface area contributed by atoms with Crippen molar-refractivity contribution in [3.8, 4) is 11.4 Å². The molecule has 5 rings (SSSR count). The third kappa shape index (κ3) is 4.17. The van der Waals surface area contributed by atoms with Crippen molar-refractivity contribution in [2.75, 3.05) is 11.1 Å². The molecule has 5 aromatic rings. The van der Waals surface area contributed by atoms with Crippen LogP contribution in [0.3, 0.4) is 0 Å². The summed E-state index contributed by atoms with van der Waals surface area (Å²) in [7, 11) is 0. The highest BCUT2D eigenvalue weighted by Crippen LogP contribution is 2.26. The smallest absolute Gasteiger partial charge is 0.234 e. The van der Waals surface area contributed by atoms with E-state index in [9.17, 15) is 4.79 Å². The second kappa shape index (κ2) is 8.49. The number of amides is 1. The van der Waals surface area contributed by atoms with E-state index in [1.54, 1.807) is 4.52 Å². The summed E-state index contributed by atoms with van der Waals surface area (Å²) in [5.74, 6) is 0.718. The lowest BCUT2D eigenvalue weighted by molar-refractivity contribution is -0.113. The van der Waals surface area contributed by atoms with Gasteiger partial charge in [-0.25, -0.2) is 9.97 Å². The van der Waals surface area contributed by atoms with Gasteiger partial charge in [-0.2, -0.15) is 4.52 Å². The topological polar surface area (TPSA) is 72.2 Å². The maximum atomic E-state index is 12.5. The third-order valence-electron chi connectivity index (χ3n) is 4.64. The molecule has 3 aromatic carbocycles. The Morgan fingerprint density at radius 1 is 0.935 bits per heavy atom. The average Bonchev–Trinajstić information content (AvgIpc) is 3.26. The van der Waals surface area contributed by atoms with Crippen molar-refractivity contribution in [3.63, 3.8) is 0 Å². The van der Waals surface area contributed by atoms with Crippen LogP contribution in [-0.2, 0) is 4.79 Å². The van der Waals surface area contributed by atoms with Gasteiger partial charge in [0.05, 0.1) is 11.3 Å². The second-order valence-electron chi connectivity index (χ2n) is 6.79. The first-order valence-corrected chi connectivity index (χ1v) is 11.3. The van der Waals surface area contributed by atoms with Gasteiger partial charge >= 0.3 is 0 Å². The molecule has 0 bridgehead atoms. The van der Waals surface area contributed by atoms with Gasteiger partial charge in [0.1, 0.15) is 0 Å². The van der Waals surface area contributed by atoms with Gasteiger partial charge in [0.2, 0.25) is 5.91 Å². The molecule has 0 aliphatic heterocycles. The van der Waals surface area contributed by atoms with E-state index < -0.39 is 0 Å². The standard InChI is InChI=1S/C23H16BrN5OS/c24-16-10-12-17(13-11-16)25-20(30)14-31-23-26-19-9-5-4-8-18(19)22-27-21(28-29(22)23)15-6-2-1-3-7-15/h1-13H,14H2,(H,25,30). The number of hydrogen-bond donors (Lipinski definition) is 1. The fraction of sp³-hybridized carbons (Fsp3) is 0.0435. The molecule has 31 heavy (non-hydrogen) atoms. The Hall–Kier alpha value is -3.23. The number of carbonyl (C=O) groups excluding carboxylic acids is 1. The fourth-order valence-corrected chi connectivity index (χ4v) is 4.20. The third-order valence-corrected chi connectivity index (χ3v) is 6.10. The molecular weight excluding hydrogens is 474 g/mol. The highest BCUT2D eigenvalue weighted by atomic mass is 79.9. The second-order valence-corrected chi connectivity index (χ2v) is 8.65. The van der Waals surface area contributed by atoms with Crippen molar-refractivity contribution < 1.29 is 4.79 Å². The van der Waals surface area contributed by atoms with E-state index in [0.717, 1.165) is 32.3 Å². The minimum absolute atomic E-state index is 0.112. The summed E-state index contributed by atoms with van der Waals surface area (Å²) in [6, 6.07) is 25.1. The summed E-state index contributed by atoms with van der Waals surface area (Å²) in [6.07, 6.45) is 0. The summed E-state index contributed by atoms with van der Waals surface area (Å²) in [5, 5.41) is 9.13. The number of rotatable bonds is 5. The maximum Gasteiger partial charge on any atom is 0.234 e. The number of fused-ring (bicyclic) bond motifs is 3. The monoisotopic (exact) mass is 489 g/mol. The van der Waals surface area contributed by atoms with Crippen LogP contribution in [0.4, 0.5) is 5.69 Å². The molecule has 0 saturated carbocycles. The van der Waals surface area contributed by atoms with Crippen molar-refractivity contribution in [1.29, 1.82) is 0 Å². The Balaban J connectivity index is 1.47. The Morgan fingerprint density at radius 3 is 2.48 bits per heavy atom. The number of aromatic nitrogens is 4. The van der Waals surface area contributed by atoms with Gasteiger partial charge in [0, 0.05) is 21.1 Å². The number of halogens is 1. The first kappa shape index (κ1) is 19.7. The van der Waals surface area contributed by atoms with Crippen LogP contribution in [0.1, 0.15) is 0 Å². The summed E-state index contributed by atoms with van der Waals surface area (Å²) in [4.78, 5) is 22.0. The molecule has 0 atom stereocenters. The van der Waals surface area contributed by atoms with E-state index in [-0.39, 0.29) is 11.7 Å². The Kier molecular flexibility index (Phi) is 5.40. The lowest BCUT2D eigenvalue weighted by atomic mass is 10.2. The molecule has 0 saturated heterocycles. The van der Waals surface area contributed by atoms with E-state index in [1.807, 2.05) is 78.9 Å². The van der Waals surface area contributed by atoms with Crippen molar-refractivity contribution >= 4 is 55.8 Å². The quantitative estimate of drug-likeness (QED) is 0.263. The molecule has 0 unspecified atom stereocenters. The number of nitrogens with zero attached hydrogens (tertiary/aromatic N) is 4. The van der Waals surface area contributed by atoms with E-state index >= 15 is 0 Å². The van der Waals surface area contributed by atoms with Crippen LogP contribution in [0.25, 0.3) is 27.9 Å². The number of carbonyl (C=O) groups is 1. The summed E-state index contributed by atoms with van der Waals surface area (Å²) >= 11 is 4.73. The van der Waals surface area contributed by atoms with E-state index in [1.165, 1.54) is 11.8 Å². The molecule has 8 heteroatoms. The normalized spacial score (nSPS) is 11.1. The molecule has 1 amide bonds. The van der Waals surface area contributed by atoms with Crippen LogP contribution in [0.2, 0.25) is 0 Å². The van der Waals surface area contributed by atoms with Crippen molar-refractivity contribution in [1.82, 2.24) is 19.6 Å². The molecule has 2 aromatic heterocycles. The predicted octanol–water partition coefficient (Wildman–Crippen LogP) is 5.44. The first-order valence-electron chi connectivity index (χ1n) is 9.56. The molecule has 0 aliphatic rings. The zero-order valence-electron chi connectivity index (χ0n) is 16.2.